The number of hydrogen-bond acceptors (Lipinski definition) is 4. The maximum Gasteiger partial charge on any atom is 0.171 e. The van der Waals surface area contributed by atoms with Gasteiger partial charge in [-0.05, 0) is 37.8 Å². The van der Waals surface area contributed by atoms with Crippen molar-refractivity contribution in [1.29, 1.82) is 0 Å². The van der Waals surface area contributed by atoms with Crippen molar-refractivity contribution in [2.75, 3.05) is 7.11 Å². The molecule has 1 heterocycles. The van der Waals surface area contributed by atoms with Crippen molar-refractivity contribution >= 4 is 10.9 Å². The van der Waals surface area contributed by atoms with E-state index in [4.69, 9.17) is 15.2 Å². The molecule has 19 heavy (non-hydrogen) atoms. The number of ether oxygens (including phenoxy) is 2. The first-order valence-electron chi connectivity index (χ1n) is 6.70. The fourth-order valence-electron chi connectivity index (χ4n) is 2.66. The van der Waals surface area contributed by atoms with Gasteiger partial charge in [-0.2, -0.15) is 5.10 Å². The van der Waals surface area contributed by atoms with E-state index in [1.165, 1.54) is 0 Å². The van der Waals surface area contributed by atoms with Crippen LogP contribution < -0.4 is 15.2 Å². The molecule has 102 valence electrons. The van der Waals surface area contributed by atoms with Crippen LogP contribution in [0, 0.1) is 0 Å². The molecule has 0 radical (unpaired) electrons. The second-order valence-corrected chi connectivity index (χ2v) is 5.08. The summed E-state index contributed by atoms with van der Waals surface area (Å²) in [7, 11) is 1.66. The van der Waals surface area contributed by atoms with Gasteiger partial charge in [0, 0.05) is 6.04 Å². The van der Waals surface area contributed by atoms with Crippen molar-refractivity contribution < 1.29 is 9.47 Å². The molecule has 0 atom stereocenters. The highest BCUT2D eigenvalue weighted by molar-refractivity contribution is 5.87. The summed E-state index contributed by atoms with van der Waals surface area (Å²) in [5.41, 5.74) is 6.87. The summed E-state index contributed by atoms with van der Waals surface area (Å²) in [4.78, 5) is 0. The molecule has 3 N–H and O–H groups in total. The number of fused-ring (bicyclic) bond motifs is 1. The van der Waals surface area contributed by atoms with Crippen molar-refractivity contribution in [3.63, 3.8) is 0 Å². The third-order valence-corrected chi connectivity index (χ3v) is 3.76. The highest BCUT2D eigenvalue weighted by Crippen LogP contribution is 2.36. The Kier molecular flexibility index (Phi) is 3.29. The fraction of sp³-hybridized carbons (Fsp3) is 0.500. The Morgan fingerprint density at radius 1 is 1.26 bits per heavy atom. The molecule has 1 aliphatic rings. The number of methoxy groups -OCH3 is 1. The van der Waals surface area contributed by atoms with Crippen LogP contribution in [0.4, 0.5) is 0 Å². The van der Waals surface area contributed by atoms with Crippen LogP contribution in [0.2, 0.25) is 0 Å². The zero-order chi connectivity index (χ0) is 13.2. The van der Waals surface area contributed by atoms with E-state index in [1.54, 1.807) is 13.3 Å². The second-order valence-electron chi connectivity index (χ2n) is 5.08. The maximum atomic E-state index is 6.08. The molecule has 5 heteroatoms. The monoisotopic (exact) mass is 261 g/mol. The lowest BCUT2D eigenvalue weighted by Crippen LogP contribution is -2.31. The maximum absolute atomic E-state index is 6.08. The van der Waals surface area contributed by atoms with Crippen LogP contribution in [0.25, 0.3) is 10.9 Å². The quantitative estimate of drug-likeness (QED) is 0.888. The third-order valence-electron chi connectivity index (χ3n) is 3.76. The highest BCUT2D eigenvalue weighted by atomic mass is 16.5. The minimum atomic E-state index is 0.234. The molecular weight excluding hydrogens is 242 g/mol. The fourth-order valence-corrected chi connectivity index (χ4v) is 2.66. The van der Waals surface area contributed by atoms with Gasteiger partial charge in [0.05, 0.1) is 30.3 Å². The molecule has 0 amide bonds. The molecule has 0 spiro atoms. The van der Waals surface area contributed by atoms with Gasteiger partial charge < -0.3 is 15.2 Å². The average Bonchev–Trinajstić information content (AvgIpc) is 2.89. The largest absolute Gasteiger partial charge is 0.492 e. The molecule has 1 aromatic carbocycles. The number of hydrogen-bond donors (Lipinski definition) is 2. The van der Waals surface area contributed by atoms with Gasteiger partial charge in [0.15, 0.2) is 11.5 Å². The molecule has 0 bridgehead atoms. The minimum absolute atomic E-state index is 0.234. The van der Waals surface area contributed by atoms with Crippen LogP contribution in [0.15, 0.2) is 18.3 Å². The zero-order valence-electron chi connectivity index (χ0n) is 11.1. The van der Waals surface area contributed by atoms with E-state index in [2.05, 4.69) is 10.2 Å². The van der Waals surface area contributed by atoms with Crippen LogP contribution in [0.1, 0.15) is 25.7 Å². The van der Waals surface area contributed by atoms with E-state index in [9.17, 15) is 0 Å². The highest BCUT2D eigenvalue weighted by Gasteiger charge is 2.21. The first-order chi connectivity index (χ1) is 9.28. The molecule has 0 unspecified atom stereocenters. The molecule has 1 aromatic heterocycles. The number of nitrogens with zero attached hydrogens (tertiary/aromatic N) is 1. The van der Waals surface area contributed by atoms with Crippen LogP contribution in [0.5, 0.6) is 11.5 Å². The van der Waals surface area contributed by atoms with Gasteiger partial charge in [0.2, 0.25) is 0 Å². The Labute approximate surface area is 112 Å². The molecule has 0 saturated heterocycles. The average molecular weight is 261 g/mol. The smallest absolute Gasteiger partial charge is 0.171 e. The van der Waals surface area contributed by atoms with Gasteiger partial charge in [-0.25, -0.2) is 0 Å². The van der Waals surface area contributed by atoms with Gasteiger partial charge in [-0.1, -0.05) is 0 Å². The molecule has 1 aliphatic carbocycles. The lowest BCUT2D eigenvalue weighted by atomic mass is 9.94. The van der Waals surface area contributed by atoms with Crippen LogP contribution in [-0.4, -0.2) is 29.5 Å². The molecule has 3 rings (SSSR count). The summed E-state index contributed by atoms with van der Waals surface area (Å²) in [5, 5.41) is 7.91. The van der Waals surface area contributed by atoms with Crippen LogP contribution in [-0.2, 0) is 0 Å². The van der Waals surface area contributed by atoms with E-state index in [0.29, 0.717) is 6.04 Å². The van der Waals surface area contributed by atoms with E-state index >= 15 is 0 Å². The van der Waals surface area contributed by atoms with E-state index in [1.807, 2.05) is 12.1 Å². The van der Waals surface area contributed by atoms with Crippen molar-refractivity contribution in [3.05, 3.63) is 18.3 Å². The second kappa shape index (κ2) is 5.09. The number of aromatic amines is 1. The summed E-state index contributed by atoms with van der Waals surface area (Å²) >= 11 is 0. The van der Waals surface area contributed by atoms with Crippen molar-refractivity contribution in [3.8, 4) is 11.5 Å². The van der Waals surface area contributed by atoms with Gasteiger partial charge >= 0.3 is 0 Å². The standard InChI is InChI=1S/C14H19N3O2/c1-18-14-11-8-16-17-12(11)6-7-13(14)19-10-4-2-9(15)3-5-10/h6-10H,2-5,15H2,1H3,(H,16,17)/t9-,10-. The zero-order valence-corrected chi connectivity index (χ0v) is 11.1. The normalized spacial score (nSPS) is 23.5. The molecule has 2 aromatic rings. The number of H-pyrrole nitrogens is 1. The first kappa shape index (κ1) is 12.3. The Morgan fingerprint density at radius 2 is 2.05 bits per heavy atom. The van der Waals surface area contributed by atoms with Gasteiger partial charge in [0.25, 0.3) is 0 Å². The van der Waals surface area contributed by atoms with E-state index in [-0.39, 0.29) is 6.10 Å². The Bertz CT molecular complexity index is 559. The number of aromatic nitrogens is 2. The number of rotatable bonds is 3. The van der Waals surface area contributed by atoms with Crippen LogP contribution >= 0.6 is 0 Å². The molecular formula is C14H19N3O2. The molecule has 1 saturated carbocycles. The summed E-state index contributed by atoms with van der Waals surface area (Å²) in [6.07, 6.45) is 6.07. The van der Waals surface area contributed by atoms with Gasteiger partial charge in [0.1, 0.15) is 0 Å². The summed E-state index contributed by atoms with van der Waals surface area (Å²) < 4.78 is 11.6. The third kappa shape index (κ3) is 2.38. The predicted octanol–water partition coefficient (Wildman–Crippen LogP) is 2.22. The Balaban J connectivity index is 1.84. The first-order valence-corrected chi connectivity index (χ1v) is 6.70. The SMILES string of the molecule is COc1c(O[C@H]2CC[C@H](N)CC2)ccc2[nH]ncc12. The number of nitrogens with two attached hydrogens (primary N) is 1. The lowest BCUT2D eigenvalue weighted by molar-refractivity contribution is 0.142. The topological polar surface area (TPSA) is 73.2 Å². The molecule has 0 aliphatic heterocycles. The van der Waals surface area contributed by atoms with Crippen molar-refractivity contribution in [2.45, 2.75) is 37.8 Å². The van der Waals surface area contributed by atoms with Crippen molar-refractivity contribution in [1.82, 2.24) is 10.2 Å². The van der Waals surface area contributed by atoms with Crippen LogP contribution in [0.3, 0.4) is 0 Å². The molecule has 1 fully saturated rings. The summed E-state index contributed by atoms with van der Waals surface area (Å²) in [5.74, 6) is 1.54. The predicted molar refractivity (Wildman–Crippen MR) is 73.5 cm³/mol. The van der Waals surface area contributed by atoms with E-state index < -0.39 is 0 Å². The summed E-state index contributed by atoms with van der Waals surface area (Å²) in [6.45, 7) is 0. The van der Waals surface area contributed by atoms with Gasteiger partial charge in [-0.3, -0.25) is 5.10 Å². The van der Waals surface area contributed by atoms with Gasteiger partial charge in [-0.15, -0.1) is 0 Å². The number of nitrogens with one attached hydrogen (secondary N) is 1. The Hall–Kier alpha value is -1.75. The number of benzene rings is 1. The summed E-state index contributed by atoms with van der Waals surface area (Å²) in [6, 6.07) is 4.24. The lowest BCUT2D eigenvalue weighted by Gasteiger charge is -2.27. The van der Waals surface area contributed by atoms with Crippen molar-refractivity contribution in [2.24, 2.45) is 5.73 Å². The Morgan fingerprint density at radius 3 is 2.79 bits per heavy atom. The molecule has 5 nitrogen and oxygen atoms in total. The van der Waals surface area contributed by atoms with E-state index in [0.717, 1.165) is 48.1 Å². The minimum Gasteiger partial charge on any atom is -0.492 e.